The van der Waals surface area contributed by atoms with Crippen LogP contribution in [0.4, 0.5) is 4.79 Å². The van der Waals surface area contributed by atoms with Crippen molar-refractivity contribution in [1.82, 2.24) is 20.1 Å². The molecule has 0 radical (unpaired) electrons. The van der Waals surface area contributed by atoms with E-state index in [1.54, 1.807) is 4.90 Å². The number of nitrogens with zero attached hydrogens (tertiary/aromatic N) is 3. The molecule has 2 aromatic heterocycles. The number of hydrogen-bond donors (Lipinski definition) is 1. The number of ether oxygens (including phenoxy) is 1. The fraction of sp³-hybridized carbons (Fsp3) is 0.526. The summed E-state index contributed by atoms with van der Waals surface area (Å²) in [5.74, 6) is 0.346. The molecule has 0 bridgehead atoms. The molecule has 0 spiro atoms. The van der Waals surface area contributed by atoms with Crippen molar-refractivity contribution in [1.29, 1.82) is 0 Å². The predicted octanol–water partition coefficient (Wildman–Crippen LogP) is 3.89. The quantitative estimate of drug-likeness (QED) is 0.898. The van der Waals surface area contributed by atoms with Crippen molar-refractivity contribution < 1.29 is 9.53 Å². The van der Waals surface area contributed by atoms with E-state index in [-0.39, 0.29) is 6.09 Å². The third-order valence-electron chi connectivity index (χ3n) is 4.39. The topological polar surface area (TPSA) is 71.1 Å². The summed E-state index contributed by atoms with van der Waals surface area (Å²) in [6.45, 7) is 9.05. The highest BCUT2D eigenvalue weighted by atomic mass is 16.6. The van der Waals surface area contributed by atoms with Gasteiger partial charge in [0.25, 0.3) is 0 Å². The third-order valence-corrected chi connectivity index (χ3v) is 4.39. The molecule has 1 saturated heterocycles. The first-order chi connectivity index (χ1) is 11.8. The monoisotopic (exact) mass is 342 g/mol. The Labute approximate surface area is 148 Å². The van der Waals surface area contributed by atoms with Crippen LogP contribution in [0.3, 0.4) is 0 Å². The second kappa shape index (κ2) is 6.86. The van der Waals surface area contributed by atoms with Gasteiger partial charge in [-0.25, -0.2) is 4.79 Å². The zero-order valence-electron chi connectivity index (χ0n) is 15.4. The molecule has 1 amide bonds. The molecule has 2 aromatic rings. The van der Waals surface area contributed by atoms with Crippen molar-refractivity contribution in [2.75, 3.05) is 13.1 Å². The maximum atomic E-state index is 12.2. The molecule has 0 aromatic carbocycles. The maximum Gasteiger partial charge on any atom is 0.410 e. The van der Waals surface area contributed by atoms with Gasteiger partial charge in [-0.2, -0.15) is 5.10 Å². The molecule has 1 aliphatic rings. The number of carbonyl (C=O) groups excluding carboxylic acids is 1. The van der Waals surface area contributed by atoms with Gasteiger partial charge in [0.15, 0.2) is 0 Å². The summed E-state index contributed by atoms with van der Waals surface area (Å²) < 4.78 is 5.47. The Hall–Kier alpha value is -2.37. The average molecular weight is 342 g/mol. The van der Waals surface area contributed by atoms with E-state index in [1.165, 1.54) is 0 Å². The molecule has 1 N–H and O–H groups in total. The lowest BCUT2D eigenvalue weighted by Gasteiger charge is -2.33. The molecule has 3 rings (SSSR count). The number of piperidine rings is 1. The van der Waals surface area contributed by atoms with Crippen molar-refractivity contribution >= 4 is 6.09 Å². The zero-order chi connectivity index (χ0) is 18.0. The lowest BCUT2D eigenvalue weighted by Crippen LogP contribution is -2.41. The van der Waals surface area contributed by atoms with Crippen molar-refractivity contribution in [3.05, 3.63) is 35.8 Å². The maximum absolute atomic E-state index is 12.2. The number of carbonyl (C=O) groups is 1. The predicted molar refractivity (Wildman–Crippen MR) is 96.3 cm³/mol. The zero-order valence-corrected chi connectivity index (χ0v) is 15.4. The van der Waals surface area contributed by atoms with Crippen LogP contribution in [0.25, 0.3) is 11.3 Å². The number of rotatable bonds is 2. The second-order valence-corrected chi connectivity index (χ2v) is 7.60. The van der Waals surface area contributed by atoms with Gasteiger partial charge < -0.3 is 9.64 Å². The third kappa shape index (κ3) is 4.18. The first kappa shape index (κ1) is 17.5. The first-order valence-corrected chi connectivity index (χ1v) is 8.79. The number of amides is 1. The van der Waals surface area contributed by atoms with Gasteiger partial charge in [0, 0.05) is 36.0 Å². The summed E-state index contributed by atoms with van der Waals surface area (Å²) in [6.07, 6.45) is 3.40. The van der Waals surface area contributed by atoms with Gasteiger partial charge in [0.2, 0.25) is 0 Å². The molecule has 0 atom stereocenters. The highest BCUT2D eigenvalue weighted by Crippen LogP contribution is 2.33. The molecule has 1 fully saturated rings. The molecule has 0 unspecified atom stereocenters. The molecule has 3 heterocycles. The van der Waals surface area contributed by atoms with E-state index < -0.39 is 5.60 Å². The number of aromatic amines is 1. The number of aromatic nitrogens is 3. The summed E-state index contributed by atoms with van der Waals surface area (Å²) in [6, 6.07) is 6.01. The van der Waals surface area contributed by atoms with E-state index in [0.717, 1.165) is 35.5 Å². The Morgan fingerprint density at radius 1 is 1.28 bits per heavy atom. The largest absolute Gasteiger partial charge is 0.444 e. The first-order valence-electron chi connectivity index (χ1n) is 8.79. The minimum Gasteiger partial charge on any atom is -0.444 e. The Morgan fingerprint density at radius 3 is 2.64 bits per heavy atom. The van der Waals surface area contributed by atoms with E-state index in [9.17, 15) is 4.79 Å². The normalized spacial score (nSPS) is 16.1. The van der Waals surface area contributed by atoms with Crippen LogP contribution in [0.15, 0.2) is 24.4 Å². The molecular weight excluding hydrogens is 316 g/mol. The van der Waals surface area contributed by atoms with Gasteiger partial charge in [0.05, 0.1) is 11.9 Å². The second-order valence-electron chi connectivity index (χ2n) is 7.60. The van der Waals surface area contributed by atoms with E-state index >= 15 is 0 Å². The Kier molecular flexibility index (Phi) is 4.79. The summed E-state index contributed by atoms with van der Waals surface area (Å²) in [5, 5.41) is 7.39. The van der Waals surface area contributed by atoms with Crippen molar-refractivity contribution in [2.24, 2.45) is 0 Å². The Balaban J connectivity index is 1.68. The molecular formula is C19H26N4O2. The molecule has 6 heteroatoms. The minimum atomic E-state index is -0.457. The minimum absolute atomic E-state index is 0.226. The van der Waals surface area contributed by atoms with Crippen molar-refractivity contribution in [2.45, 2.75) is 52.1 Å². The summed E-state index contributed by atoms with van der Waals surface area (Å²) in [5.41, 5.74) is 3.64. The highest BCUT2D eigenvalue weighted by Gasteiger charge is 2.29. The molecule has 0 aliphatic carbocycles. The SMILES string of the molecule is Cc1cccc(-c2cn[nH]c2C2CCN(C(=O)OC(C)(C)C)CC2)n1. The van der Waals surface area contributed by atoms with E-state index in [2.05, 4.69) is 15.2 Å². The fourth-order valence-corrected chi connectivity index (χ4v) is 3.18. The fourth-order valence-electron chi connectivity index (χ4n) is 3.18. The van der Waals surface area contributed by atoms with Crippen LogP contribution in [0, 0.1) is 6.92 Å². The van der Waals surface area contributed by atoms with Gasteiger partial charge in [-0.1, -0.05) is 6.07 Å². The molecule has 0 saturated carbocycles. The van der Waals surface area contributed by atoms with Crippen LogP contribution in [-0.2, 0) is 4.74 Å². The number of aryl methyl sites for hydroxylation is 1. The Bertz CT molecular complexity index is 740. The van der Waals surface area contributed by atoms with E-state index in [0.29, 0.717) is 19.0 Å². The van der Waals surface area contributed by atoms with Crippen LogP contribution in [0.2, 0.25) is 0 Å². The average Bonchev–Trinajstić information content (AvgIpc) is 3.03. The van der Waals surface area contributed by atoms with Crippen LogP contribution in [0.1, 0.15) is 50.9 Å². The lowest BCUT2D eigenvalue weighted by molar-refractivity contribution is 0.0204. The molecule has 6 nitrogen and oxygen atoms in total. The number of likely N-dealkylation sites (tertiary alicyclic amines) is 1. The van der Waals surface area contributed by atoms with Gasteiger partial charge in [-0.05, 0) is 52.7 Å². The van der Waals surface area contributed by atoms with Crippen LogP contribution in [0.5, 0.6) is 0 Å². The molecule has 134 valence electrons. The van der Waals surface area contributed by atoms with Crippen LogP contribution in [-0.4, -0.2) is 44.9 Å². The molecule has 1 aliphatic heterocycles. The Morgan fingerprint density at radius 2 is 2.00 bits per heavy atom. The van der Waals surface area contributed by atoms with E-state index in [4.69, 9.17) is 4.74 Å². The highest BCUT2D eigenvalue weighted by molar-refractivity contribution is 5.68. The lowest BCUT2D eigenvalue weighted by atomic mass is 9.90. The summed E-state index contributed by atoms with van der Waals surface area (Å²) in [7, 11) is 0. The smallest absolute Gasteiger partial charge is 0.410 e. The molecule has 25 heavy (non-hydrogen) atoms. The van der Waals surface area contributed by atoms with Gasteiger partial charge in [-0.3, -0.25) is 10.1 Å². The van der Waals surface area contributed by atoms with E-state index in [1.807, 2.05) is 52.1 Å². The summed E-state index contributed by atoms with van der Waals surface area (Å²) in [4.78, 5) is 18.6. The van der Waals surface area contributed by atoms with Crippen LogP contribution >= 0.6 is 0 Å². The number of hydrogen-bond acceptors (Lipinski definition) is 4. The van der Waals surface area contributed by atoms with Gasteiger partial charge in [0.1, 0.15) is 5.60 Å². The van der Waals surface area contributed by atoms with Gasteiger partial charge >= 0.3 is 6.09 Å². The number of H-pyrrole nitrogens is 1. The summed E-state index contributed by atoms with van der Waals surface area (Å²) >= 11 is 0. The standard InChI is InChI=1S/C19H26N4O2/c1-13-6-5-7-16(21-13)15-12-20-22-17(15)14-8-10-23(11-9-14)18(24)25-19(2,3)4/h5-7,12,14H,8-11H2,1-4H3,(H,20,22). The van der Waals surface area contributed by atoms with Gasteiger partial charge in [-0.15, -0.1) is 0 Å². The van der Waals surface area contributed by atoms with Crippen molar-refractivity contribution in [3.63, 3.8) is 0 Å². The number of pyridine rings is 1. The van der Waals surface area contributed by atoms with Crippen molar-refractivity contribution in [3.8, 4) is 11.3 Å². The number of nitrogens with one attached hydrogen (secondary N) is 1. The van der Waals surface area contributed by atoms with Crippen LogP contribution < -0.4 is 0 Å².